The summed E-state index contributed by atoms with van der Waals surface area (Å²) in [6, 6.07) is 23.2. The number of amides is 3. The van der Waals surface area contributed by atoms with Gasteiger partial charge in [-0.2, -0.15) is 0 Å². The second-order valence-corrected chi connectivity index (χ2v) is 9.33. The third-order valence-electron chi connectivity index (χ3n) is 6.71. The van der Waals surface area contributed by atoms with E-state index in [1.54, 1.807) is 48.5 Å². The first-order valence-corrected chi connectivity index (χ1v) is 12.3. The molecule has 4 aromatic rings. The van der Waals surface area contributed by atoms with Crippen molar-refractivity contribution in [3.63, 3.8) is 0 Å². The van der Waals surface area contributed by atoms with Gasteiger partial charge in [0.2, 0.25) is 5.91 Å². The molecule has 5 rings (SSSR count). The quantitative estimate of drug-likeness (QED) is 0.284. The van der Waals surface area contributed by atoms with E-state index in [-0.39, 0.29) is 35.7 Å². The van der Waals surface area contributed by atoms with Crippen molar-refractivity contribution in [1.82, 2.24) is 5.32 Å². The Morgan fingerprint density at radius 3 is 2.05 bits per heavy atom. The van der Waals surface area contributed by atoms with Gasteiger partial charge < -0.3 is 20.4 Å². The van der Waals surface area contributed by atoms with E-state index in [0.29, 0.717) is 16.9 Å². The normalized spacial score (nSPS) is 13.7. The number of carbonyl (C=O) groups excluding carboxylic acids is 3. The summed E-state index contributed by atoms with van der Waals surface area (Å²) in [5.41, 5.74) is 2.91. The first-order chi connectivity index (χ1) is 18.4. The molecular formula is C30H26FN3O4. The molecule has 8 heteroatoms. The predicted octanol–water partition coefficient (Wildman–Crippen LogP) is 5.66. The lowest BCUT2D eigenvalue weighted by Crippen LogP contribution is -2.50. The van der Waals surface area contributed by atoms with Gasteiger partial charge in [-0.05, 0) is 91.1 Å². The molecule has 0 unspecified atom stereocenters. The highest BCUT2D eigenvalue weighted by Gasteiger charge is 2.40. The number of hydrogen-bond acceptors (Lipinski definition) is 4. The molecule has 1 saturated carbocycles. The van der Waals surface area contributed by atoms with Crippen LogP contribution >= 0.6 is 0 Å². The van der Waals surface area contributed by atoms with Crippen molar-refractivity contribution >= 4 is 29.1 Å². The Balaban J connectivity index is 1.19. The fraction of sp³-hybridized carbons (Fsp3) is 0.167. The largest absolute Gasteiger partial charge is 0.459 e. The molecule has 0 atom stereocenters. The van der Waals surface area contributed by atoms with Gasteiger partial charge in [0, 0.05) is 16.9 Å². The summed E-state index contributed by atoms with van der Waals surface area (Å²) in [5.74, 6) is -0.897. The lowest BCUT2D eigenvalue weighted by molar-refractivity contribution is -0.115. The Morgan fingerprint density at radius 2 is 1.45 bits per heavy atom. The van der Waals surface area contributed by atoms with E-state index >= 15 is 0 Å². The van der Waals surface area contributed by atoms with Gasteiger partial charge in [0.25, 0.3) is 11.8 Å². The summed E-state index contributed by atoms with van der Waals surface area (Å²) in [5, 5.41) is 8.77. The number of rotatable bonds is 8. The van der Waals surface area contributed by atoms with Crippen LogP contribution in [0.5, 0.6) is 0 Å². The molecule has 3 aromatic carbocycles. The minimum atomic E-state index is -0.472. The van der Waals surface area contributed by atoms with Gasteiger partial charge in [-0.3, -0.25) is 14.4 Å². The Morgan fingerprint density at radius 1 is 0.789 bits per heavy atom. The van der Waals surface area contributed by atoms with Crippen molar-refractivity contribution in [1.29, 1.82) is 0 Å². The number of nitrogens with one attached hydrogen (secondary N) is 3. The Kier molecular flexibility index (Phi) is 7.04. The van der Waals surface area contributed by atoms with E-state index in [1.807, 2.05) is 24.3 Å². The van der Waals surface area contributed by atoms with Crippen molar-refractivity contribution in [2.75, 3.05) is 10.6 Å². The van der Waals surface area contributed by atoms with Crippen molar-refractivity contribution in [2.45, 2.75) is 31.2 Å². The molecule has 38 heavy (non-hydrogen) atoms. The number of benzene rings is 3. The zero-order valence-corrected chi connectivity index (χ0v) is 20.5. The van der Waals surface area contributed by atoms with E-state index in [4.69, 9.17) is 4.42 Å². The number of halogens is 1. The minimum absolute atomic E-state index is 0.146. The van der Waals surface area contributed by atoms with Crippen LogP contribution in [0.25, 0.3) is 0 Å². The summed E-state index contributed by atoms with van der Waals surface area (Å²) >= 11 is 0. The van der Waals surface area contributed by atoms with Gasteiger partial charge in [-0.25, -0.2) is 4.39 Å². The summed E-state index contributed by atoms with van der Waals surface area (Å²) < 4.78 is 18.2. The SMILES string of the molecule is O=C(Cc1ccc(F)cc1)Nc1ccc(C2(NC(=O)c3ccc(NC(=O)c4ccco4)cc3)CCC2)cc1. The first kappa shape index (κ1) is 25.0. The van der Waals surface area contributed by atoms with Crippen LogP contribution in [0.3, 0.4) is 0 Å². The molecule has 0 saturated heterocycles. The molecular weight excluding hydrogens is 485 g/mol. The number of furan rings is 1. The maximum atomic E-state index is 13.1. The highest BCUT2D eigenvalue weighted by Crippen LogP contribution is 2.41. The highest BCUT2D eigenvalue weighted by molar-refractivity contribution is 6.02. The maximum absolute atomic E-state index is 13.1. The zero-order chi connectivity index (χ0) is 26.5. The minimum Gasteiger partial charge on any atom is -0.459 e. The van der Waals surface area contributed by atoms with Gasteiger partial charge >= 0.3 is 0 Å². The average molecular weight is 512 g/mol. The fourth-order valence-corrected chi connectivity index (χ4v) is 4.48. The monoisotopic (exact) mass is 511 g/mol. The number of hydrogen-bond donors (Lipinski definition) is 3. The third kappa shape index (κ3) is 5.64. The standard InChI is InChI=1S/C30H26FN3O4/c31-23-10-4-20(5-11-23)19-27(35)32-24-14-8-22(9-15-24)30(16-2-17-30)34-28(36)21-6-12-25(13-7-21)33-29(37)26-3-1-18-38-26/h1,3-15,18H,2,16-17,19H2,(H,32,35)(H,33,37)(H,34,36). The second kappa shape index (κ2) is 10.7. The van der Waals surface area contributed by atoms with Crippen LogP contribution in [0.2, 0.25) is 0 Å². The van der Waals surface area contributed by atoms with Gasteiger partial charge in [0.05, 0.1) is 18.2 Å². The number of anilines is 2. The first-order valence-electron chi connectivity index (χ1n) is 12.3. The molecule has 192 valence electrons. The summed E-state index contributed by atoms with van der Waals surface area (Å²) in [6.07, 6.45) is 4.19. The smallest absolute Gasteiger partial charge is 0.291 e. The molecule has 0 radical (unpaired) electrons. The third-order valence-corrected chi connectivity index (χ3v) is 6.71. The maximum Gasteiger partial charge on any atom is 0.291 e. The van der Waals surface area contributed by atoms with Crippen LogP contribution in [0, 0.1) is 5.82 Å². The Labute approximate surface area is 219 Å². The summed E-state index contributed by atoms with van der Waals surface area (Å²) in [6.45, 7) is 0. The lowest BCUT2D eigenvalue weighted by atomic mass is 9.71. The van der Waals surface area contributed by atoms with Crippen molar-refractivity contribution < 1.29 is 23.2 Å². The van der Waals surface area contributed by atoms with Crippen LogP contribution in [-0.2, 0) is 16.8 Å². The molecule has 1 aromatic heterocycles. The zero-order valence-electron chi connectivity index (χ0n) is 20.5. The molecule has 3 N–H and O–H groups in total. The number of carbonyl (C=O) groups is 3. The lowest BCUT2D eigenvalue weighted by Gasteiger charge is -2.43. The van der Waals surface area contributed by atoms with Crippen molar-refractivity contribution in [2.24, 2.45) is 0 Å². The molecule has 0 bridgehead atoms. The molecule has 1 aliphatic carbocycles. The van der Waals surface area contributed by atoms with E-state index in [1.165, 1.54) is 18.4 Å². The molecule has 7 nitrogen and oxygen atoms in total. The van der Waals surface area contributed by atoms with Crippen LogP contribution in [0.15, 0.2) is 95.6 Å². The van der Waals surface area contributed by atoms with Crippen LogP contribution in [-0.4, -0.2) is 17.7 Å². The van der Waals surface area contributed by atoms with Gasteiger partial charge in [0.15, 0.2) is 5.76 Å². The predicted molar refractivity (Wildman–Crippen MR) is 141 cm³/mol. The average Bonchev–Trinajstić information content (AvgIpc) is 3.44. The summed E-state index contributed by atoms with van der Waals surface area (Å²) in [4.78, 5) is 37.6. The Bertz CT molecular complexity index is 1430. The molecule has 1 aliphatic rings. The van der Waals surface area contributed by atoms with E-state index in [9.17, 15) is 18.8 Å². The van der Waals surface area contributed by atoms with Crippen LogP contribution in [0.4, 0.5) is 15.8 Å². The van der Waals surface area contributed by atoms with Gasteiger partial charge in [0.1, 0.15) is 5.82 Å². The van der Waals surface area contributed by atoms with Gasteiger partial charge in [-0.15, -0.1) is 0 Å². The molecule has 0 aliphatic heterocycles. The molecule has 3 amide bonds. The van der Waals surface area contributed by atoms with Crippen molar-refractivity contribution in [3.8, 4) is 0 Å². The molecule has 1 fully saturated rings. The second-order valence-electron chi connectivity index (χ2n) is 9.33. The highest BCUT2D eigenvalue weighted by atomic mass is 19.1. The van der Waals surface area contributed by atoms with Crippen LogP contribution in [0.1, 0.15) is 51.3 Å². The van der Waals surface area contributed by atoms with Crippen LogP contribution < -0.4 is 16.0 Å². The van der Waals surface area contributed by atoms with Crippen molar-refractivity contribution in [3.05, 3.63) is 119 Å². The molecule has 1 heterocycles. The van der Waals surface area contributed by atoms with E-state index < -0.39 is 5.54 Å². The van der Waals surface area contributed by atoms with Gasteiger partial charge in [-0.1, -0.05) is 24.3 Å². The van der Waals surface area contributed by atoms with E-state index in [2.05, 4.69) is 16.0 Å². The topological polar surface area (TPSA) is 100 Å². The fourth-order valence-electron chi connectivity index (χ4n) is 4.48. The van der Waals surface area contributed by atoms with E-state index in [0.717, 1.165) is 30.4 Å². The molecule has 0 spiro atoms. The Hall–Kier alpha value is -4.72. The summed E-state index contributed by atoms with van der Waals surface area (Å²) in [7, 11) is 0.